The molecule has 0 aliphatic rings. The van der Waals surface area contributed by atoms with Gasteiger partial charge in [-0.3, -0.25) is 14.5 Å². The van der Waals surface area contributed by atoms with Crippen LogP contribution >= 0.6 is 0 Å². The highest BCUT2D eigenvalue weighted by molar-refractivity contribution is 5.93. The largest absolute Gasteiger partial charge is 0.497 e. The summed E-state index contributed by atoms with van der Waals surface area (Å²) in [6, 6.07) is 16.6. The molecule has 2 amide bonds. The average molecular weight is 369 g/mol. The topological polar surface area (TPSA) is 61.9 Å². The summed E-state index contributed by atoms with van der Waals surface area (Å²) in [6.45, 7) is 2.46. The number of carbonyl (C=O) groups is 2. The van der Waals surface area contributed by atoms with Crippen molar-refractivity contribution in [3.8, 4) is 5.75 Å². The fourth-order valence-corrected chi connectivity index (χ4v) is 2.71. The van der Waals surface area contributed by atoms with Gasteiger partial charge >= 0.3 is 0 Å². The first-order chi connectivity index (χ1) is 12.9. The highest BCUT2D eigenvalue weighted by Gasteiger charge is 2.23. The number of hydrogen-bond acceptors (Lipinski definition) is 4. The van der Waals surface area contributed by atoms with E-state index in [2.05, 4.69) is 5.32 Å². The summed E-state index contributed by atoms with van der Waals surface area (Å²) in [5.74, 6) is 0.457. The normalized spacial score (nSPS) is 11.7. The summed E-state index contributed by atoms with van der Waals surface area (Å²) in [4.78, 5) is 28.4. The van der Waals surface area contributed by atoms with Gasteiger partial charge in [-0.2, -0.15) is 0 Å². The SMILES string of the molecule is COc1cccc(NC(=O)CN(C)[C@@H](C)C(=O)N(C)Cc2ccccc2)c1. The zero-order valence-corrected chi connectivity index (χ0v) is 16.3. The second kappa shape index (κ2) is 9.73. The van der Waals surface area contributed by atoms with Crippen LogP contribution in [0.5, 0.6) is 5.75 Å². The lowest BCUT2D eigenvalue weighted by Gasteiger charge is -2.28. The number of anilines is 1. The first-order valence-electron chi connectivity index (χ1n) is 8.83. The van der Waals surface area contributed by atoms with Crippen LogP contribution in [0.4, 0.5) is 5.69 Å². The minimum absolute atomic E-state index is 0.0319. The first-order valence-corrected chi connectivity index (χ1v) is 8.83. The van der Waals surface area contributed by atoms with E-state index in [4.69, 9.17) is 4.74 Å². The van der Waals surface area contributed by atoms with E-state index < -0.39 is 6.04 Å². The average Bonchev–Trinajstić information content (AvgIpc) is 2.67. The molecule has 1 atom stereocenters. The van der Waals surface area contributed by atoms with Crippen LogP contribution in [0, 0.1) is 0 Å². The number of likely N-dealkylation sites (N-methyl/N-ethyl adjacent to an activating group) is 2. The van der Waals surface area contributed by atoms with Gasteiger partial charge in [-0.15, -0.1) is 0 Å². The van der Waals surface area contributed by atoms with Gasteiger partial charge in [0.25, 0.3) is 0 Å². The molecule has 0 unspecified atom stereocenters. The second-order valence-corrected chi connectivity index (χ2v) is 6.55. The Balaban J connectivity index is 1.88. The minimum atomic E-state index is -0.408. The van der Waals surface area contributed by atoms with Crippen LogP contribution in [0.15, 0.2) is 54.6 Å². The molecule has 2 aromatic carbocycles. The second-order valence-electron chi connectivity index (χ2n) is 6.55. The molecule has 0 spiro atoms. The van der Waals surface area contributed by atoms with E-state index in [0.717, 1.165) is 5.56 Å². The monoisotopic (exact) mass is 369 g/mol. The van der Waals surface area contributed by atoms with E-state index in [-0.39, 0.29) is 18.4 Å². The van der Waals surface area contributed by atoms with Crippen molar-refractivity contribution < 1.29 is 14.3 Å². The van der Waals surface area contributed by atoms with Gasteiger partial charge in [-0.25, -0.2) is 0 Å². The number of amides is 2. The van der Waals surface area contributed by atoms with Crippen molar-refractivity contribution in [3.05, 3.63) is 60.2 Å². The molecule has 0 aliphatic heterocycles. The Hall–Kier alpha value is -2.86. The minimum Gasteiger partial charge on any atom is -0.497 e. The number of nitrogens with one attached hydrogen (secondary N) is 1. The molecule has 0 saturated heterocycles. The van der Waals surface area contributed by atoms with Crippen LogP contribution in [-0.2, 0) is 16.1 Å². The van der Waals surface area contributed by atoms with Gasteiger partial charge in [-0.1, -0.05) is 36.4 Å². The predicted molar refractivity (Wildman–Crippen MR) is 107 cm³/mol. The number of rotatable bonds is 8. The van der Waals surface area contributed by atoms with E-state index >= 15 is 0 Å². The maximum absolute atomic E-state index is 12.6. The number of carbonyl (C=O) groups excluding carboxylic acids is 2. The Labute approximate surface area is 160 Å². The number of benzene rings is 2. The Bertz CT molecular complexity index is 764. The smallest absolute Gasteiger partial charge is 0.239 e. The van der Waals surface area contributed by atoms with Crippen molar-refractivity contribution >= 4 is 17.5 Å². The van der Waals surface area contributed by atoms with Crippen molar-refractivity contribution in [1.29, 1.82) is 0 Å². The van der Waals surface area contributed by atoms with Crippen molar-refractivity contribution in [1.82, 2.24) is 9.80 Å². The van der Waals surface area contributed by atoms with Crippen LogP contribution in [0.3, 0.4) is 0 Å². The van der Waals surface area contributed by atoms with Gasteiger partial charge in [0.15, 0.2) is 0 Å². The molecule has 6 heteroatoms. The quantitative estimate of drug-likeness (QED) is 0.777. The van der Waals surface area contributed by atoms with E-state index in [1.807, 2.05) is 49.4 Å². The lowest BCUT2D eigenvalue weighted by molar-refractivity contribution is -0.135. The maximum Gasteiger partial charge on any atom is 0.239 e. The molecule has 144 valence electrons. The van der Waals surface area contributed by atoms with Crippen LogP contribution in [0.2, 0.25) is 0 Å². The standard InChI is InChI=1S/C21H27N3O3/c1-16(21(26)24(3)14-17-9-6-5-7-10-17)23(2)15-20(25)22-18-11-8-12-19(13-18)27-4/h5-13,16H,14-15H2,1-4H3,(H,22,25)/t16-/m0/s1. The van der Waals surface area contributed by atoms with Gasteiger partial charge < -0.3 is 15.0 Å². The predicted octanol–water partition coefficient (Wildman–Crippen LogP) is 2.61. The number of methoxy groups -OCH3 is 1. The first kappa shape index (κ1) is 20.5. The van der Waals surface area contributed by atoms with Gasteiger partial charge in [0, 0.05) is 25.3 Å². The van der Waals surface area contributed by atoms with Gasteiger partial charge in [0.2, 0.25) is 11.8 Å². The Morgan fingerprint density at radius 1 is 1.07 bits per heavy atom. The molecule has 0 aliphatic carbocycles. The Morgan fingerprint density at radius 3 is 2.44 bits per heavy atom. The van der Waals surface area contributed by atoms with E-state index in [1.54, 1.807) is 43.1 Å². The fraction of sp³-hybridized carbons (Fsp3) is 0.333. The van der Waals surface area contributed by atoms with Crippen LogP contribution < -0.4 is 10.1 Å². The van der Waals surface area contributed by atoms with Crippen molar-refractivity contribution in [2.75, 3.05) is 33.1 Å². The van der Waals surface area contributed by atoms with E-state index in [0.29, 0.717) is 18.0 Å². The summed E-state index contributed by atoms with van der Waals surface area (Å²) in [5, 5.41) is 2.82. The summed E-state index contributed by atoms with van der Waals surface area (Å²) in [7, 11) is 5.12. The highest BCUT2D eigenvalue weighted by Crippen LogP contribution is 2.16. The molecule has 0 bridgehead atoms. The van der Waals surface area contributed by atoms with E-state index in [1.165, 1.54) is 0 Å². The lowest BCUT2D eigenvalue weighted by atomic mass is 10.2. The van der Waals surface area contributed by atoms with E-state index in [9.17, 15) is 9.59 Å². The van der Waals surface area contributed by atoms with Crippen molar-refractivity contribution in [2.24, 2.45) is 0 Å². The number of hydrogen-bond donors (Lipinski definition) is 1. The summed E-state index contributed by atoms with van der Waals surface area (Å²) < 4.78 is 5.15. The third kappa shape index (κ3) is 6.11. The Kier molecular flexibility index (Phi) is 7.37. The van der Waals surface area contributed by atoms with Gasteiger partial charge in [0.05, 0.1) is 19.7 Å². The summed E-state index contributed by atoms with van der Waals surface area (Å²) >= 11 is 0. The third-order valence-corrected chi connectivity index (χ3v) is 4.40. The Morgan fingerprint density at radius 2 is 1.78 bits per heavy atom. The molecule has 0 fully saturated rings. The molecule has 0 radical (unpaired) electrons. The van der Waals surface area contributed by atoms with Crippen LogP contribution in [0.1, 0.15) is 12.5 Å². The molecule has 0 saturated carbocycles. The summed E-state index contributed by atoms with van der Waals surface area (Å²) in [6.07, 6.45) is 0. The maximum atomic E-state index is 12.6. The summed E-state index contributed by atoms with van der Waals surface area (Å²) in [5.41, 5.74) is 1.73. The number of ether oxygens (including phenoxy) is 1. The fourth-order valence-electron chi connectivity index (χ4n) is 2.71. The molecular weight excluding hydrogens is 342 g/mol. The molecule has 27 heavy (non-hydrogen) atoms. The van der Waals surface area contributed by atoms with Crippen molar-refractivity contribution in [3.63, 3.8) is 0 Å². The van der Waals surface area contributed by atoms with Crippen LogP contribution in [-0.4, -0.2) is 55.4 Å². The number of nitrogens with zero attached hydrogens (tertiary/aromatic N) is 2. The molecule has 2 rings (SSSR count). The molecule has 2 aromatic rings. The van der Waals surface area contributed by atoms with Crippen molar-refractivity contribution in [2.45, 2.75) is 19.5 Å². The molecule has 1 N–H and O–H groups in total. The third-order valence-electron chi connectivity index (χ3n) is 4.40. The lowest BCUT2D eigenvalue weighted by Crippen LogP contribution is -2.46. The molecule has 6 nitrogen and oxygen atoms in total. The highest BCUT2D eigenvalue weighted by atomic mass is 16.5. The van der Waals surface area contributed by atoms with Crippen LogP contribution in [0.25, 0.3) is 0 Å². The molecule has 0 aromatic heterocycles. The molecule has 0 heterocycles. The zero-order valence-electron chi connectivity index (χ0n) is 16.3. The zero-order chi connectivity index (χ0) is 19.8. The van der Waals surface area contributed by atoms with Gasteiger partial charge in [-0.05, 0) is 31.7 Å². The van der Waals surface area contributed by atoms with Gasteiger partial charge in [0.1, 0.15) is 5.75 Å². The molecular formula is C21H27N3O3.